The van der Waals surface area contributed by atoms with Gasteiger partial charge in [0, 0.05) is 0 Å². The normalized spacial score (nSPS) is 9.19. The fourth-order valence-corrected chi connectivity index (χ4v) is 1.11. The van der Waals surface area contributed by atoms with E-state index >= 15 is 0 Å². The van der Waals surface area contributed by atoms with Crippen molar-refractivity contribution in [1.82, 2.24) is 0 Å². The number of benzene rings is 1. The Labute approximate surface area is 97.1 Å². The Morgan fingerprint density at radius 3 is 2.50 bits per heavy atom. The molecule has 0 unspecified atom stereocenters. The van der Waals surface area contributed by atoms with Crippen molar-refractivity contribution in [1.29, 1.82) is 0 Å². The van der Waals surface area contributed by atoms with Crippen LogP contribution in [0.2, 0.25) is 0 Å². The molecule has 90 valence electrons. The Morgan fingerprint density at radius 1 is 1.31 bits per heavy atom. The minimum atomic E-state index is -0.824. The standard InChI is InChI=1S/C11H14O3.C2H6/c1-9-4-2-3-5-10(9)8-14-7-6-11(12)13;1-2/h2-5H,6-8H2,1H3,(H,12,13);1-2H3. The van der Waals surface area contributed by atoms with E-state index < -0.39 is 5.97 Å². The topological polar surface area (TPSA) is 46.5 Å². The Morgan fingerprint density at radius 2 is 1.94 bits per heavy atom. The van der Waals surface area contributed by atoms with Crippen LogP contribution in [0, 0.1) is 6.92 Å². The van der Waals surface area contributed by atoms with Crippen molar-refractivity contribution in [2.45, 2.75) is 33.8 Å². The lowest BCUT2D eigenvalue weighted by atomic mass is 10.1. The molecule has 0 aliphatic carbocycles. The van der Waals surface area contributed by atoms with E-state index in [9.17, 15) is 4.79 Å². The molecule has 3 nitrogen and oxygen atoms in total. The molecule has 16 heavy (non-hydrogen) atoms. The van der Waals surface area contributed by atoms with Gasteiger partial charge in [-0.3, -0.25) is 4.79 Å². The first-order valence-corrected chi connectivity index (χ1v) is 5.54. The van der Waals surface area contributed by atoms with E-state index in [1.54, 1.807) is 0 Å². The predicted octanol–water partition coefficient (Wildman–Crippen LogP) is 3.01. The van der Waals surface area contributed by atoms with Gasteiger partial charge in [0.05, 0.1) is 19.6 Å². The first-order chi connectivity index (χ1) is 7.70. The summed E-state index contributed by atoms with van der Waals surface area (Å²) in [4.78, 5) is 10.2. The van der Waals surface area contributed by atoms with E-state index in [1.165, 1.54) is 5.56 Å². The number of ether oxygens (including phenoxy) is 1. The summed E-state index contributed by atoms with van der Waals surface area (Å²) < 4.78 is 5.23. The molecule has 0 bridgehead atoms. The van der Waals surface area contributed by atoms with Crippen molar-refractivity contribution < 1.29 is 14.6 Å². The van der Waals surface area contributed by atoms with Crippen molar-refractivity contribution >= 4 is 5.97 Å². The van der Waals surface area contributed by atoms with Gasteiger partial charge in [0.2, 0.25) is 0 Å². The highest BCUT2D eigenvalue weighted by Crippen LogP contribution is 2.08. The van der Waals surface area contributed by atoms with Crippen LogP contribution < -0.4 is 0 Å². The average molecular weight is 224 g/mol. The molecule has 0 radical (unpaired) electrons. The van der Waals surface area contributed by atoms with Crippen LogP contribution in [0.1, 0.15) is 31.4 Å². The monoisotopic (exact) mass is 224 g/mol. The fraction of sp³-hybridized carbons (Fsp3) is 0.462. The molecule has 0 aliphatic heterocycles. The van der Waals surface area contributed by atoms with Gasteiger partial charge in [-0.2, -0.15) is 0 Å². The van der Waals surface area contributed by atoms with Crippen LogP contribution in [0.3, 0.4) is 0 Å². The summed E-state index contributed by atoms with van der Waals surface area (Å²) in [6.07, 6.45) is 0.0614. The molecule has 0 aliphatic rings. The summed E-state index contributed by atoms with van der Waals surface area (Å²) in [6.45, 7) is 6.76. The van der Waals surface area contributed by atoms with Crippen LogP contribution in [0.4, 0.5) is 0 Å². The van der Waals surface area contributed by atoms with E-state index in [0.29, 0.717) is 6.61 Å². The Kier molecular flexibility index (Phi) is 8.17. The van der Waals surface area contributed by atoms with Crippen LogP contribution in [-0.2, 0) is 16.1 Å². The summed E-state index contributed by atoms with van der Waals surface area (Å²) in [5, 5.41) is 8.39. The van der Waals surface area contributed by atoms with Gasteiger partial charge in [-0.1, -0.05) is 38.1 Å². The summed E-state index contributed by atoms with van der Waals surface area (Å²) in [5.74, 6) is -0.824. The highest BCUT2D eigenvalue weighted by molar-refractivity contribution is 5.66. The SMILES string of the molecule is CC.Cc1ccccc1COCCC(=O)O. The lowest BCUT2D eigenvalue weighted by Gasteiger charge is -2.05. The van der Waals surface area contributed by atoms with Gasteiger partial charge >= 0.3 is 5.97 Å². The number of aryl methyl sites for hydroxylation is 1. The molecular weight excluding hydrogens is 204 g/mol. The largest absolute Gasteiger partial charge is 0.481 e. The van der Waals surface area contributed by atoms with Crippen LogP contribution in [0.15, 0.2) is 24.3 Å². The maximum absolute atomic E-state index is 10.2. The molecule has 0 fully saturated rings. The number of hydrogen-bond donors (Lipinski definition) is 1. The Balaban J connectivity index is 0.00000106. The zero-order valence-corrected chi connectivity index (χ0v) is 10.2. The van der Waals surface area contributed by atoms with Crippen LogP contribution in [-0.4, -0.2) is 17.7 Å². The number of rotatable bonds is 5. The van der Waals surface area contributed by atoms with E-state index in [1.807, 2.05) is 45.0 Å². The number of carboxylic acid groups (broad SMARTS) is 1. The minimum Gasteiger partial charge on any atom is -0.481 e. The van der Waals surface area contributed by atoms with Gasteiger partial charge in [0.1, 0.15) is 0 Å². The van der Waals surface area contributed by atoms with Gasteiger partial charge in [0.25, 0.3) is 0 Å². The second kappa shape index (κ2) is 8.92. The fourth-order valence-electron chi connectivity index (χ4n) is 1.11. The highest BCUT2D eigenvalue weighted by atomic mass is 16.5. The van der Waals surface area contributed by atoms with E-state index in [0.717, 1.165) is 5.56 Å². The molecule has 1 aromatic carbocycles. The smallest absolute Gasteiger partial charge is 0.305 e. The van der Waals surface area contributed by atoms with Crippen molar-refractivity contribution in [2.75, 3.05) is 6.61 Å². The summed E-state index contributed by atoms with van der Waals surface area (Å²) >= 11 is 0. The molecule has 3 heteroatoms. The molecule has 1 rings (SSSR count). The van der Waals surface area contributed by atoms with E-state index in [4.69, 9.17) is 9.84 Å². The van der Waals surface area contributed by atoms with Crippen molar-refractivity contribution in [3.63, 3.8) is 0 Å². The minimum absolute atomic E-state index is 0.0614. The second-order valence-corrected chi connectivity index (χ2v) is 3.12. The zero-order valence-electron chi connectivity index (χ0n) is 10.2. The van der Waals surface area contributed by atoms with Crippen LogP contribution in [0.25, 0.3) is 0 Å². The number of carbonyl (C=O) groups is 1. The second-order valence-electron chi connectivity index (χ2n) is 3.12. The molecule has 1 N–H and O–H groups in total. The lowest BCUT2D eigenvalue weighted by molar-refractivity contribution is -0.138. The number of carboxylic acids is 1. The van der Waals surface area contributed by atoms with Gasteiger partial charge in [-0.15, -0.1) is 0 Å². The van der Waals surface area contributed by atoms with E-state index in [2.05, 4.69) is 0 Å². The lowest BCUT2D eigenvalue weighted by Crippen LogP contribution is -2.03. The van der Waals surface area contributed by atoms with Crippen molar-refractivity contribution in [3.8, 4) is 0 Å². The third-order valence-corrected chi connectivity index (χ3v) is 1.98. The molecule has 0 amide bonds. The maximum Gasteiger partial charge on any atom is 0.305 e. The Bertz CT molecular complexity index is 308. The predicted molar refractivity (Wildman–Crippen MR) is 64.4 cm³/mol. The van der Waals surface area contributed by atoms with Gasteiger partial charge in [0.15, 0.2) is 0 Å². The van der Waals surface area contributed by atoms with Gasteiger partial charge in [-0.25, -0.2) is 0 Å². The molecular formula is C13H20O3. The molecule has 0 saturated carbocycles. The average Bonchev–Trinajstić information content (AvgIpc) is 2.29. The van der Waals surface area contributed by atoms with Crippen molar-refractivity contribution in [3.05, 3.63) is 35.4 Å². The molecule has 0 heterocycles. The summed E-state index contributed by atoms with van der Waals surface area (Å²) in [6, 6.07) is 7.91. The van der Waals surface area contributed by atoms with Gasteiger partial charge < -0.3 is 9.84 Å². The first kappa shape index (κ1) is 14.6. The molecule has 0 atom stereocenters. The first-order valence-electron chi connectivity index (χ1n) is 5.54. The third-order valence-electron chi connectivity index (χ3n) is 1.98. The number of hydrogen-bond acceptors (Lipinski definition) is 2. The van der Waals surface area contributed by atoms with Gasteiger partial charge in [-0.05, 0) is 18.1 Å². The molecule has 0 spiro atoms. The number of aliphatic carboxylic acids is 1. The van der Waals surface area contributed by atoms with E-state index in [-0.39, 0.29) is 13.0 Å². The zero-order chi connectivity index (χ0) is 12.4. The quantitative estimate of drug-likeness (QED) is 0.782. The van der Waals surface area contributed by atoms with Crippen molar-refractivity contribution in [2.24, 2.45) is 0 Å². The van der Waals surface area contributed by atoms with Crippen LogP contribution >= 0.6 is 0 Å². The maximum atomic E-state index is 10.2. The third kappa shape index (κ3) is 6.19. The van der Waals surface area contributed by atoms with Crippen LogP contribution in [0.5, 0.6) is 0 Å². The molecule has 0 aromatic heterocycles. The highest BCUT2D eigenvalue weighted by Gasteiger charge is 1.99. The summed E-state index contributed by atoms with van der Waals surface area (Å²) in [5.41, 5.74) is 2.28. The molecule has 0 saturated heterocycles. The molecule has 1 aromatic rings. The summed E-state index contributed by atoms with van der Waals surface area (Å²) in [7, 11) is 0. The Hall–Kier alpha value is -1.35.